The third-order valence-corrected chi connectivity index (χ3v) is 6.39. The van der Waals surface area contributed by atoms with Crippen molar-refractivity contribution < 1.29 is 8.42 Å². The first-order valence-electron chi connectivity index (χ1n) is 7.61. The van der Waals surface area contributed by atoms with Crippen LogP contribution in [0.25, 0.3) is 0 Å². The summed E-state index contributed by atoms with van der Waals surface area (Å²) in [5.41, 5.74) is 1.14. The first kappa shape index (κ1) is 17.0. The Bertz CT molecular complexity index is 571. The van der Waals surface area contributed by atoms with Crippen LogP contribution in [-0.2, 0) is 16.4 Å². The molecule has 2 unspecified atom stereocenters. The fourth-order valence-corrected chi connectivity index (χ4v) is 5.49. The molecule has 0 aliphatic carbocycles. The molecule has 0 spiro atoms. The minimum Gasteiger partial charge on any atom is -0.309 e. The van der Waals surface area contributed by atoms with Gasteiger partial charge in [0.2, 0.25) is 0 Å². The predicted molar refractivity (Wildman–Crippen MR) is 88.0 cm³/mol. The van der Waals surface area contributed by atoms with Gasteiger partial charge >= 0.3 is 0 Å². The van der Waals surface area contributed by atoms with Crippen LogP contribution in [0.5, 0.6) is 0 Å². The Balaban J connectivity index is 2.17. The molecule has 1 N–H and O–H groups in total. The van der Waals surface area contributed by atoms with Gasteiger partial charge in [-0.2, -0.15) is 5.10 Å². The third kappa shape index (κ3) is 4.29. The largest absolute Gasteiger partial charge is 0.309 e. The summed E-state index contributed by atoms with van der Waals surface area (Å²) < 4.78 is 26.3. The normalized spacial score (nSPS) is 22.5. The molecule has 0 radical (unpaired) electrons. The van der Waals surface area contributed by atoms with Crippen LogP contribution in [-0.4, -0.2) is 36.2 Å². The summed E-state index contributed by atoms with van der Waals surface area (Å²) in [5, 5.41) is 7.92. The van der Waals surface area contributed by atoms with Crippen molar-refractivity contribution in [1.29, 1.82) is 0 Å². The van der Waals surface area contributed by atoms with Crippen LogP contribution in [0.15, 0.2) is 10.7 Å². The Morgan fingerprint density at radius 2 is 2.29 bits per heavy atom. The molecule has 5 nitrogen and oxygen atoms in total. The van der Waals surface area contributed by atoms with Gasteiger partial charge in [0.15, 0.2) is 9.84 Å². The van der Waals surface area contributed by atoms with Gasteiger partial charge in [-0.3, -0.25) is 4.68 Å². The quantitative estimate of drug-likeness (QED) is 0.792. The van der Waals surface area contributed by atoms with Crippen LogP contribution in [0.1, 0.15) is 44.8 Å². The lowest BCUT2D eigenvalue weighted by Crippen LogP contribution is -2.27. The number of aryl methyl sites for hydroxylation is 1. The van der Waals surface area contributed by atoms with E-state index < -0.39 is 9.84 Å². The summed E-state index contributed by atoms with van der Waals surface area (Å²) in [6, 6.07) is 0.150. The summed E-state index contributed by atoms with van der Waals surface area (Å²) in [4.78, 5) is 0. The highest BCUT2D eigenvalue weighted by Gasteiger charge is 2.31. The van der Waals surface area contributed by atoms with Gasteiger partial charge in [0.1, 0.15) is 0 Å². The van der Waals surface area contributed by atoms with Crippen molar-refractivity contribution >= 4 is 25.8 Å². The topological polar surface area (TPSA) is 64.0 Å². The number of nitrogens with zero attached hydrogens (tertiary/aromatic N) is 2. The summed E-state index contributed by atoms with van der Waals surface area (Å²) in [7, 11) is -2.82. The zero-order valence-corrected chi connectivity index (χ0v) is 15.1. The highest BCUT2D eigenvalue weighted by Crippen LogP contribution is 2.32. The lowest BCUT2D eigenvalue weighted by molar-refractivity contribution is 0.393. The molecule has 7 heteroatoms. The molecule has 1 saturated heterocycles. The molecule has 21 heavy (non-hydrogen) atoms. The fraction of sp³-hybridized carbons (Fsp3) is 0.786. The average Bonchev–Trinajstić information content (AvgIpc) is 2.93. The minimum atomic E-state index is -2.82. The second-order valence-electron chi connectivity index (χ2n) is 5.72. The van der Waals surface area contributed by atoms with E-state index in [9.17, 15) is 8.42 Å². The number of aromatic nitrogens is 2. The summed E-state index contributed by atoms with van der Waals surface area (Å²) in [6.07, 6.45) is 4.49. The molecule has 2 rings (SSSR count). The van der Waals surface area contributed by atoms with Gasteiger partial charge in [-0.1, -0.05) is 13.8 Å². The molecule has 1 aliphatic heterocycles. The second-order valence-corrected chi connectivity index (χ2v) is 8.80. The Morgan fingerprint density at radius 3 is 2.86 bits per heavy atom. The molecule has 120 valence electrons. The fourth-order valence-electron chi connectivity index (χ4n) is 3.04. The molecule has 2 atom stereocenters. The van der Waals surface area contributed by atoms with E-state index in [-0.39, 0.29) is 12.0 Å². The molecule has 1 aromatic rings. The molecular weight excluding hydrogens is 354 g/mol. The maximum atomic E-state index is 11.7. The Kier molecular flexibility index (Phi) is 5.85. The minimum absolute atomic E-state index is 0.150. The first-order chi connectivity index (χ1) is 9.96. The number of sulfone groups is 1. The zero-order valence-electron chi connectivity index (χ0n) is 12.7. The van der Waals surface area contributed by atoms with E-state index in [1.54, 1.807) is 0 Å². The molecule has 0 aromatic carbocycles. The van der Waals surface area contributed by atoms with Gasteiger partial charge in [0, 0.05) is 6.54 Å². The van der Waals surface area contributed by atoms with Gasteiger partial charge in [-0.05, 0) is 47.7 Å². The predicted octanol–water partition coefficient (Wildman–Crippen LogP) is 2.53. The van der Waals surface area contributed by atoms with Gasteiger partial charge in [0.25, 0.3) is 0 Å². The van der Waals surface area contributed by atoms with Crippen LogP contribution in [0.3, 0.4) is 0 Å². The maximum absolute atomic E-state index is 11.7. The van der Waals surface area contributed by atoms with Crippen molar-refractivity contribution in [1.82, 2.24) is 15.1 Å². The van der Waals surface area contributed by atoms with Crippen molar-refractivity contribution in [2.24, 2.45) is 5.92 Å². The van der Waals surface area contributed by atoms with E-state index in [0.29, 0.717) is 11.5 Å². The molecule has 0 amide bonds. The lowest BCUT2D eigenvalue weighted by atomic mass is 9.97. The number of hydrogen-bond acceptors (Lipinski definition) is 4. The third-order valence-electron chi connectivity index (χ3n) is 3.95. The standard InChI is InChI=1S/C14H24BrN3O2S/c1-3-6-18-14(12(15)9-17-18)13(16-4-2)8-11-5-7-21(19,20)10-11/h9,11,13,16H,3-8,10H2,1-2H3. The van der Waals surface area contributed by atoms with Gasteiger partial charge in [-0.15, -0.1) is 0 Å². The average molecular weight is 378 g/mol. The lowest BCUT2D eigenvalue weighted by Gasteiger charge is -2.22. The summed E-state index contributed by atoms with van der Waals surface area (Å²) in [6.45, 7) is 5.94. The second kappa shape index (κ2) is 7.24. The van der Waals surface area contributed by atoms with E-state index in [2.05, 4.69) is 40.2 Å². The number of rotatable bonds is 7. The molecule has 1 aliphatic rings. The maximum Gasteiger partial charge on any atom is 0.150 e. The highest BCUT2D eigenvalue weighted by molar-refractivity contribution is 9.10. The molecular formula is C14H24BrN3O2S. The van der Waals surface area contributed by atoms with Crippen molar-refractivity contribution in [2.45, 2.75) is 45.7 Å². The molecule has 1 aromatic heterocycles. The van der Waals surface area contributed by atoms with Crippen LogP contribution in [0.4, 0.5) is 0 Å². The number of halogens is 1. The Morgan fingerprint density at radius 1 is 1.52 bits per heavy atom. The van der Waals surface area contributed by atoms with Crippen LogP contribution < -0.4 is 5.32 Å². The molecule has 0 bridgehead atoms. The van der Waals surface area contributed by atoms with Gasteiger partial charge in [0.05, 0.1) is 33.9 Å². The molecule has 1 fully saturated rings. The summed E-state index contributed by atoms with van der Waals surface area (Å²) in [5.74, 6) is 0.913. The first-order valence-corrected chi connectivity index (χ1v) is 10.2. The number of hydrogen-bond donors (Lipinski definition) is 1. The van der Waals surface area contributed by atoms with Crippen molar-refractivity contribution in [2.75, 3.05) is 18.1 Å². The van der Waals surface area contributed by atoms with Crippen molar-refractivity contribution in [3.05, 3.63) is 16.4 Å². The molecule has 0 saturated carbocycles. The van der Waals surface area contributed by atoms with E-state index in [4.69, 9.17) is 0 Å². The van der Waals surface area contributed by atoms with E-state index >= 15 is 0 Å². The van der Waals surface area contributed by atoms with Crippen molar-refractivity contribution in [3.8, 4) is 0 Å². The van der Waals surface area contributed by atoms with Gasteiger partial charge < -0.3 is 5.32 Å². The monoisotopic (exact) mass is 377 g/mol. The SMILES string of the molecule is CCCn1ncc(Br)c1C(CC1CCS(=O)(=O)C1)NCC. The van der Waals surface area contributed by atoms with E-state index in [1.165, 1.54) is 0 Å². The zero-order chi connectivity index (χ0) is 15.5. The number of nitrogens with one attached hydrogen (secondary N) is 1. The molecule has 2 heterocycles. The van der Waals surface area contributed by atoms with Crippen molar-refractivity contribution in [3.63, 3.8) is 0 Å². The Hall–Kier alpha value is -0.400. The highest BCUT2D eigenvalue weighted by atomic mass is 79.9. The van der Waals surface area contributed by atoms with Crippen LogP contribution >= 0.6 is 15.9 Å². The van der Waals surface area contributed by atoms with E-state index in [0.717, 1.165) is 42.5 Å². The Labute approximate surface area is 135 Å². The smallest absolute Gasteiger partial charge is 0.150 e. The van der Waals surface area contributed by atoms with Gasteiger partial charge in [-0.25, -0.2) is 8.42 Å². The van der Waals surface area contributed by atoms with E-state index in [1.807, 2.05) is 10.9 Å². The van der Waals surface area contributed by atoms with Crippen LogP contribution in [0, 0.1) is 5.92 Å². The summed E-state index contributed by atoms with van der Waals surface area (Å²) >= 11 is 3.59. The van der Waals surface area contributed by atoms with Crippen LogP contribution in [0.2, 0.25) is 0 Å².